The molecule has 3 nitrogen and oxygen atoms in total. The van der Waals surface area contributed by atoms with Crippen LogP contribution in [0.15, 0.2) is 24.3 Å². The summed E-state index contributed by atoms with van der Waals surface area (Å²) >= 11 is 0. The highest BCUT2D eigenvalue weighted by molar-refractivity contribution is 5.22. The second-order valence-corrected chi connectivity index (χ2v) is 5.76. The Kier molecular flexibility index (Phi) is 8.51. The monoisotopic (exact) mass is 278 g/mol. The average Bonchev–Trinajstić information content (AvgIpc) is 2.41. The van der Waals surface area contributed by atoms with Gasteiger partial charge in [-0.2, -0.15) is 0 Å². The van der Waals surface area contributed by atoms with Gasteiger partial charge in [0.15, 0.2) is 0 Å². The minimum Gasteiger partial charge on any atom is -0.385 e. The van der Waals surface area contributed by atoms with Gasteiger partial charge in [0, 0.05) is 32.8 Å². The van der Waals surface area contributed by atoms with Crippen LogP contribution in [0.4, 0.5) is 0 Å². The van der Waals surface area contributed by atoms with Gasteiger partial charge in [0.05, 0.1) is 0 Å². The number of rotatable bonds is 10. The number of nitrogens with one attached hydrogen (secondary N) is 1. The lowest BCUT2D eigenvalue weighted by Gasteiger charge is -2.16. The Balaban J connectivity index is 2.30. The molecule has 0 saturated heterocycles. The van der Waals surface area contributed by atoms with Crippen molar-refractivity contribution in [3.8, 4) is 0 Å². The van der Waals surface area contributed by atoms with Crippen LogP contribution in [-0.2, 0) is 17.7 Å². The predicted molar refractivity (Wildman–Crippen MR) is 86.1 cm³/mol. The summed E-state index contributed by atoms with van der Waals surface area (Å²) in [7, 11) is 3.92. The molecule has 1 rings (SSSR count). The molecule has 3 heteroatoms. The van der Waals surface area contributed by atoms with E-state index in [-0.39, 0.29) is 0 Å². The van der Waals surface area contributed by atoms with Crippen LogP contribution >= 0.6 is 0 Å². The molecule has 0 aliphatic rings. The summed E-state index contributed by atoms with van der Waals surface area (Å²) in [6.07, 6.45) is 2.19. The summed E-state index contributed by atoms with van der Waals surface area (Å²) in [6, 6.07) is 9.56. The summed E-state index contributed by atoms with van der Waals surface area (Å²) in [5.74, 6) is 0. The quantitative estimate of drug-likeness (QED) is 0.666. The summed E-state index contributed by atoms with van der Waals surface area (Å²) in [5, 5.41) is 3.45. The van der Waals surface area contributed by atoms with Crippen molar-refractivity contribution in [1.82, 2.24) is 10.2 Å². The van der Waals surface area contributed by atoms with Crippen molar-refractivity contribution in [2.45, 2.75) is 39.3 Å². The zero-order valence-electron chi connectivity index (χ0n) is 13.5. The lowest BCUT2D eigenvalue weighted by atomic mass is 10.1. The molecule has 0 saturated carbocycles. The van der Waals surface area contributed by atoms with Gasteiger partial charge in [0.2, 0.25) is 0 Å². The summed E-state index contributed by atoms with van der Waals surface area (Å²) in [4.78, 5) is 2.34. The fourth-order valence-electron chi connectivity index (χ4n) is 2.19. The van der Waals surface area contributed by atoms with Crippen molar-refractivity contribution in [1.29, 1.82) is 0 Å². The molecule has 0 aliphatic carbocycles. The molecule has 114 valence electrons. The molecule has 0 amide bonds. The molecule has 1 N–H and O–H groups in total. The Morgan fingerprint density at radius 1 is 1.15 bits per heavy atom. The number of ether oxygens (including phenoxy) is 1. The van der Waals surface area contributed by atoms with Gasteiger partial charge in [-0.05, 0) is 37.6 Å². The van der Waals surface area contributed by atoms with E-state index in [0.29, 0.717) is 6.04 Å². The third-order valence-corrected chi connectivity index (χ3v) is 3.33. The van der Waals surface area contributed by atoms with Crippen molar-refractivity contribution in [2.75, 3.05) is 33.9 Å². The van der Waals surface area contributed by atoms with Crippen LogP contribution in [0.2, 0.25) is 0 Å². The fraction of sp³-hybridized carbons (Fsp3) is 0.647. The lowest BCUT2D eigenvalue weighted by molar-refractivity contribution is 0.178. The summed E-state index contributed by atoms with van der Waals surface area (Å²) < 4.78 is 5.08. The van der Waals surface area contributed by atoms with E-state index in [0.717, 1.165) is 39.1 Å². The molecule has 0 aromatic heterocycles. The van der Waals surface area contributed by atoms with E-state index in [1.807, 2.05) is 0 Å². The Morgan fingerprint density at radius 2 is 1.80 bits per heavy atom. The van der Waals surface area contributed by atoms with Crippen molar-refractivity contribution >= 4 is 0 Å². The van der Waals surface area contributed by atoms with Crippen molar-refractivity contribution in [3.05, 3.63) is 35.4 Å². The molecule has 20 heavy (non-hydrogen) atoms. The smallest absolute Gasteiger partial charge is 0.0474 e. The fourth-order valence-corrected chi connectivity index (χ4v) is 2.19. The van der Waals surface area contributed by atoms with Crippen LogP contribution in [0.5, 0.6) is 0 Å². The van der Waals surface area contributed by atoms with Gasteiger partial charge in [-0.3, -0.25) is 0 Å². The Labute approximate surface area is 124 Å². The molecule has 0 unspecified atom stereocenters. The van der Waals surface area contributed by atoms with E-state index in [2.05, 4.69) is 55.4 Å². The van der Waals surface area contributed by atoms with E-state index < -0.39 is 0 Å². The van der Waals surface area contributed by atoms with E-state index in [1.54, 1.807) is 7.11 Å². The maximum absolute atomic E-state index is 5.08. The number of benzene rings is 1. The van der Waals surface area contributed by atoms with Crippen molar-refractivity contribution < 1.29 is 4.74 Å². The first-order valence-electron chi connectivity index (χ1n) is 7.60. The molecule has 0 radical (unpaired) electrons. The van der Waals surface area contributed by atoms with Crippen molar-refractivity contribution in [2.24, 2.45) is 0 Å². The van der Waals surface area contributed by atoms with E-state index in [4.69, 9.17) is 4.74 Å². The van der Waals surface area contributed by atoms with Gasteiger partial charge < -0.3 is 15.0 Å². The third kappa shape index (κ3) is 7.63. The van der Waals surface area contributed by atoms with Crippen LogP contribution in [0.3, 0.4) is 0 Å². The molecule has 0 atom stereocenters. The topological polar surface area (TPSA) is 24.5 Å². The maximum atomic E-state index is 5.08. The highest BCUT2D eigenvalue weighted by atomic mass is 16.5. The standard InChI is InChI=1S/C17H30N2O/c1-15(2)18-11-10-16-6-8-17(9-7-16)14-19(3)12-5-13-20-4/h6-9,15,18H,5,10-14H2,1-4H3. The van der Waals surface area contributed by atoms with Crippen LogP contribution in [0, 0.1) is 0 Å². The third-order valence-electron chi connectivity index (χ3n) is 3.33. The van der Waals surface area contributed by atoms with Crippen LogP contribution in [0.25, 0.3) is 0 Å². The molecule has 0 heterocycles. The number of nitrogens with zero attached hydrogens (tertiary/aromatic N) is 1. The first-order valence-corrected chi connectivity index (χ1v) is 7.60. The number of hydrogen-bond donors (Lipinski definition) is 1. The average molecular weight is 278 g/mol. The van der Waals surface area contributed by atoms with Crippen LogP contribution < -0.4 is 5.32 Å². The van der Waals surface area contributed by atoms with Gasteiger partial charge in [-0.1, -0.05) is 38.1 Å². The minimum atomic E-state index is 0.565. The van der Waals surface area contributed by atoms with Crippen molar-refractivity contribution in [3.63, 3.8) is 0 Å². The van der Waals surface area contributed by atoms with E-state index in [1.165, 1.54) is 11.1 Å². The van der Waals surface area contributed by atoms with Gasteiger partial charge in [-0.15, -0.1) is 0 Å². The first kappa shape index (κ1) is 17.2. The predicted octanol–water partition coefficient (Wildman–Crippen LogP) is 2.70. The molecule has 0 fully saturated rings. The summed E-state index contributed by atoms with van der Waals surface area (Å²) in [5.41, 5.74) is 2.79. The molecule has 0 spiro atoms. The Morgan fingerprint density at radius 3 is 2.40 bits per heavy atom. The van der Waals surface area contributed by atoms with Gasteiger partial charge in [0.1, 0.15) is 0 Å². The lowest BCUT2D eigenvalue weighted by Crippen LogP contribution is -2.24. The van der Waals surface area contributed by atoms with Crippen LogP contribution in [0.1, 0.15) is 31.4 Å². The molecular weight excluding hydrogens is 248 g/mol. The molecule has 0 bridgehead atoms. The SMILES string of the molecule is COCCCN(C)Cc1ccc(CCNC(C)C)cc1. The summed E-state index contributed by atoms with van der Waals surface area (Å²) in [6.45, 7) is 8.34. The van der Waals surface area contributed by atoms with Gasteiger partial charge in [0.25, 0.3) is 0 Å². The normalized spacial score (nSPS) is 11.5. The Hall–Kier alpha value is -0.900. The molecule has 1 aromatic carbocycles. The Bertz CT molecular complexity index is 349. The highest BCUT2D eigenvalue weighted by Crippen LogP contribution is 2.07. The zero-order chi connectivity index (χ0) is 14.8. The zero-order valence-corrected chi connectivity index (χ0v) is 13.5. The van der Waals surface area contributed by atoms with Gasteiger partial charge in [-0.25, -0.2) is 0 Å². The van der Waals surface area contributed by atoms with Gasteiger partial charge >= 0.3 is 0 Å². The molecular formula is C17H30N2O. The number of methoxy groups -OCH3 is 1. The minimum absolute atomic E-state index is 0.565. The van der Waals surface area contributed by atoms with Crippen LogP contribution in [-0.4, -0.2) is 44.8 Å². The molecule has 1 aromatic rings. The highest BCUT2D eigenvalue weighted by Gasteiger charge is 2.01. The van der Waals surface area contributed by atoms with E-state index in [9.17, 15) is 0 Å². The number of hydrogen-bond acceptors (Lipinski definition) is 3. The second-order valence-electron chi connectivity index (χ2n) is 5.76. The largest absolute Gasteiger partial charge is 0.385 e. The molecule has 0 aliphatic heterocycles. The maximum Gasteiger partial charge on any atom is 0.0474 e. The second kappa shape index (κ2) is 9.92. The van der Waals surface area contributed by atoms with E-state index >= 15 is 0 Å². The first-order chi connectivity index (χ1) is 9.61.